The molecule has 2 fully saturated rings. The molecule has 3 atom stereocenters. The van der Waals surface area contributed by atoms with Gasteiger partial charge in [-0.1, -0.05) is 24.3 Å². The lowest BCUT2D eigenvalue weighted by molar-refractivity contribution is -0.100. The molecule has 2 aromatic rings. The van der Waals surface area contributed by atoms with E-state index in [2.05, 4.69) is 11.7 Å². The Balaban J connectivity index is 1.60. The van der Waals surface area contributed by atoms with E-state index in [9.17, 15) is 4.79 Å². The molecule has 6 heteroatoms. The molecule has 1 aromatic heterocycles. The van der Waals surface area contributed by atoms with Crippen molar-refractivity contribution in [1.29, 1.82) is 0 Å². The van der Waals surface area contributed by atoms with Gasteiger partial charge in [0.2, 0.25) is 0 Å². The topological polar surface area (TPSA) is 56.6 Å². The van der Waals surface area contributed by atoms with Crippen molar-refractivity contribution in [1.82, 2.24) is 14.7 Å². The molecule has 132 valence electrons. The Morgan fingerprint density at radius 3 is 3.12 bits per heavy atom. The van der Waals surface area contributed by atoms with Crippen LogP contribution in [0.2, 0.25) is 0 Å². The molecular weight excluding hydrogens is 318 g/mol. The third-order valence-corrected chi connectivity index (χ3v) is 5.18. The smallest absolute Gasteiger partial charge is 0.275 e. The number of amides is 1. The van der Waals surface area contributed by atoms with Gasteiger partial charge in [-0.2, -0.15) is 5.10 Å². The maximum Gasteiger partial charge on any atom is 0.275 e. The summed E-state index contributed by atoms with van der Waals surface area (Å²) in [4.78, 5) is 15.2. The van der Waals surface area contributed by atoms with Crippen LogP contribution in [0.5, 0.6) is 0 Å². The molecule has 1 saturated heterocycles. The molecule has 0 bridgehead atoms. The summed E-state index contributed by atoms with van der Waals surface area (Å²) in [5.41, 5.74) is 1.49. The number of para-hydroxylation sites is 1. The summed E-state index contributed by atoms with van der Waals surface area (Å²) in [6, 6.07) is 7.89. The number of hydrogen-bond acceptors (Lipinski definition) is 4. The van der Waals surface area contributed by atoms with Gasteiger partial charge in [0.15, 0.2) is 5.69 Å². The Bertz CT molecular complexity index is 800. The fourth-order valence-electron chi connectivity index (χ4n) is 4.05. The van der Waals surface area contributed by atoms with Gasteiger partial charge in [-0.3, -0.25) is 9.48 Å². The number of carbonyl (C=O) groups is 1. The van der Waals surface area contributed by atoms with Crippen LogP contribution in [-0.2, 0) is 16.5 Å². The van der Waals surface area contributed by atoms with Crippen LogP contribution in [0.3, 0.4) is 0 Å². The van der Waals surface area contributed by atoms with Crippen LogP contribution >= 0.6 is 0 Å². The normalized spacial score (nSPS) is 26.0. The Morgan fingerprint density at radius 2 is 2.28 bits per heavy atom. The summed E-state index contributed by atoms with van der Waals surface area (Å²) in [5.74, 6) is -0.0144. The molecule has 2 heterocycles. The molecule has 0 N–H and O–H groups in total. The van der Waals surface area contributed by atoms with Crippen molar-refractivity contribution >= 4 is 16.8 Å². The summed E-state index contributed by atoms with van der Waals surface area (Å²) in [5, 5.41) is 5.39. The number of aromatic nitrogens is 2. The minimum Gasteiger partial charge on any atom is -0.372 e. The van der Waals surface area contributed by atoms with Gasteiger partial charge >= 0.3 is 0 Å². The molecular formula is C19H23N3O3. The number of morpholine rings is 1. The molecule has 1 saturated carbocycles. The first-order valence-corrected chi connectivity index (χ1v) is 8.77. The first-order chi connectivity index (χ1) is 12.2. The van der Waals surface area contributed by atoms with E-state index in [0.29, 0.717) is 25.5 Å². The van der Waals surface area contributed by atoms with Crippen LogP contribution in [0.4, 0.5) is 0 Å². The molecule has 1 aliphatic carbocycles. The zero-order valence-corrected chi connectivity index (χ0v) is 14.4. The summed E-state index contributed by atoms with van der Waals surface area (Å²) in [6.45, 7) is 5.34. The van der Waals surface area contributed by atoms with Crippen LogP contribution in [-0.4, -0.2) is 58.6 Å². The summed E-state index contributed by atoms with van der Waals surface area (Å²) < 4.78 is 13.5. The van der Waals surface area contributed by atoms with Gasteiger partial charge in [0.25, 0.3) is 5.91 Å². The second kappa shape index (κ2) is 6.61. The Morgan fingerprint density at radius 1 is 1.44 bits per heavy atom. The van der Waals surface area contributed by atoms with E-state index in [-0.39, 0.29) is 24.2 Å². The molecule has 1 amide bonds. The van der Waals surface area contributed by atoms with Gasteiger partial charge in [-0.15, -0.1) is 6.58 Å². The molecule has 25 heavy (non-hydrogen) atoms. The predicted molar refractivity (Wildman–Crippen MR) is 94.4 cm³/mol. The average Bonchev–Trinajstić information content (AvgIpc) is 3.21. The van der Waals surface area contributed by atoms with Crippen molar-refractivity contribution in [2.75, 3.05) is 19.8 Å². The monoisotopic (exact) mass is 341 g/mol. The van der Waals surface area contributed by atoms with Crippen LogP contribution in [0.1, 0.15) is 23.3 Å². The van der Waals surface area contributed by atoms with Gasteiger partial charge in [-0.25, -0.2) is 0 Å². The van der Waals surface area contributed by atoms with E-state index in [1.54, 1.807) is 10.8 Å². The molecule has 6 nitrogen and oxygen atoms in total. The number of carbonyl (C=O) groups excluding carboxylic acids is 1. The van der Waals surface area contributed by atoms with Crippen molar-refractivity contribution in [2.24, 2.45) is 7.05 Å². The van der Waals surface area contributed by atoms with Crippen molar-refractivity contribution in [3.63, 3.8) is 0 Å². The SMILES string of the molecule is C=CCO[C@@H]1CC[C@H]2[C@H]1OCCN2C(=O)c1nn(C)c2ccccc12. The summed E-state index contributed by atoms with van der Waals surface area (Å²) in [6.07, 6.45) is 3.50. The van der Waals surface area contributed by atoms with Gasteiger partial charge in [0.1, 0.15) is 6.10 Å². The molecule has 1 aliphatic heterocycles. The summed E-state index contributed by atoms with van der Waals surface area (Å²) in [7, 11) is 1.87. The quantitative estimate of drug-likeness (QED) is 0.800. The number of nitrogens with zero attached hydrogens (tertiary/aromatic N) is 3. The second-order valence-corrected chi connectivity index (χ2v) is 6.63. The van der Waals surface area contributed by atoms with Crippen molar-refractivity contribution in [2.45, 2.75) is 31.1 Å². The van der Waals surface area contributed by atoms with E-state index in [0.717, 1.165) is 23.7 Å². The average molecular weight is 341 g/mol. The van der Waals surface area contributed by atoms with E-state index in [1.165, 1.54) is 0 Å². The first-order valence-electron chi connectivity index (χ1n) is 8.77. The van der Waals surface area contributed by atoms with Crippen LogP contribution in [0.15, 0.2) is 36.9 Å². The Labute approximate surface area is 147 Å². The Kier molecular flexibility index (Phi) is 4.31. The van der Waals surface area contributed by atoms with E-state index in [1.807, 2.05) is 36.2 Å². The van der Waals surface area contributed by atoms with Gasteiger partial charge < -0.3 is 14.4 Å². The minimum absolute atomic E-state index is 0.0144. The van der Waals surface area contributed by atoms with E-state index >= 15 is 0 Å². The predicted octanol–water partition coefficient (Wildman–Crippen LogP) is 2.15. The van der Waals surface area contributed by atoms with Gasteiger partial charge in [-0.05, 0) is 18.9 Å². The number of aryl methyl sites for hydroxylation is 1. The number of ether oxygens (including phenoxy) is 2. The third-order valence-electron chi connectivity index (χ3n) is 5.18. The number of hydrogen-bond donors (Lipinski definition) is 0. The number of rotatable bonds is 4. The number of fused-ring (bicyclic) bond motifs is 2. The van der Waals surface area contributed by atoms with Crippen LogP contribution < -0.4 is 0 Å². The first kappa shape index (κ1) is 16.3. The van der Waals surface area contributed by atoms with Crippen molar-refractivity contribution in [3.8, 4) is 0 Å². The fourth-order valence-corrected chi connectivity index (χ4v) is 4.05. The lowest BCUT2D eigenvalue weighted by Crippen LogP contribution is -2.54. The fraction of sp³-hybridized carbons (Fsp3) is 0.474. The zero-order valence-electron chi connectivity index (χ0n) is 14.4. The molecule has 0 unspecified atom stereocenters. The van der Waals surface area contributed by atoms with Gasteiger partial charge in [0, 0.05) is 19.0 Å². The summed E-state index contributed by atoms with van der Waals surface area (Å²) >= 11 is 0. The molecule has 0 spiro atoms. The lowest BCUT2D eigenvalue weighted by atomic mass is 10.1. The Hall–Kier alpha value is -2.18. The zero-order chi connectivity index (χ0) is 17.4. The van der Waals surface area contributed by atoms with E-state index < -0.39 is 0 Å². The molecule has 0 radical (unpaired) electrons. The second-order valence-electron chi connectivity index (χ2n) is 6.63. The lowest BCUT2D eigenvalue weighted by Gasteiger charge is -2.38. The van der Waals surface area contributed by atoms with E-state index in [4.69, 9.17) is 9.47 Å². The highest BCUT2D eigenvalue weighted by Gasteiger charge is 2.45. The highest BCUT2D eigenvalue weighted by molar-refractivity contribution is 6.05. The van der Waals surface area contributed by atoms with Crippen LogP contribution in [0.25, 0.3) is 10.9 Å². The third kappa shape index (κ3) is 2.75. The molecule has 4 rings (SSSR count). The molecule has 1 aromatic carbocycles. The van der Waals surface area contributed by atoms with Crippen LogP contribution in [0, 0.1) is 0 Å². The molecule has 2 aliphatic rings. The highest BCUT2D eigenvalue weighted by Crippen LogP contribution is 2.33. The highest BCUT2D eigenvalue weighted by atomic mass is 16.5. The number of benzene rings is 1. The maximum absolute atomic E-state index is 13.2. The largest absolute Gasteiger partial charge is 0.372 e. The van der Waals surface area contributed by atoms with Crippen molar-refractivity contribution in [3.05, 3.63) is 42.6 Å². The maximum atomic E-state index is 13.2. The van der Waals surface area contributed by atoms with Gasteiger partial charge in [0.05, 0.1) is 30.9 Å². The standard InChI is InChI=1S/C19H23N3O3/c1-3-11-24-16-9-8-15-18(16)25-12-10-22(15)19(23)17-13-6-4-5-7-14(13)21(2)20-17/h3-7,15-16,18H,1,8-12H2,2H3/t15-,16+,18+/m0/s1. The van der Waals surface area contributed by atoms with Crippen molar-refractivity contribution < 1.29 is 14.3 Å². The minimum atomic E-state index is -0.0624.